The van der Waals surface area contributed by atoms with Crippen molar-refractivity contribution in [2.24, 2.45) is 0 Å². The summed E-state index contributed by atoms with van der Waals surface area (Å²) in [6.07, 6.45) is 0. The molecule has 1 N–H and O–H groups in total. The number of aromatic nitrogens is 4. The fourth-order valence-corrected chi connectivity index (χ4v) is 2.98. The lowest BCUT2D eigenvalue weighted by Crippen LogP contribution is -2.03. The van der Waals surface area contributed by atoms with Gasteiger partial charge in [0.1, 0.15) is 11.6 Å². The Kier molecular flexibility index (Phi) is 4.41. The van der Waals surface area contributed by atoms with E-state index in [0.29, 0.717) is 16.6 Å². The topological polar surface area (TPSA) is 64.3 Å². The number of halogens is 1. The molecule has 4 rings (SSSR count). The van der Waals surface area contributed by atoms with Gasteiger partial charge in [0.05, 0.1) is 7.11 Å². The number of hydrogen-bond donors (Lipinski definition) is 1. The van der Waals surface area contributed by atoms with Gasteiger partial charge in [-0.1, -0.05) is 17.7 Å². The van der Waals surface area contributed by atoms with Crippen molar-refractivity contribution in [3.63, 3.8) is 0 Å². The molecule has 136 valence electrons. The molecule has 6 nitrogen and oxygen atoms in total. The smallest absolute Gasteiger partial charge is 0.254 e. The summed E-state index contributed by atoms with van der Waals surface area (Å²) in [7, 11) is 1.64. The molecular formula is C20H18ClN5O. The summed E-state index contributed by atoms with van der Waals surface area (Å²) in [6, 6.07) is 15.3. The molecule has 0 bridgehead atoms. The standard InChI is InChI=1S/C20H18ClN5O/c1-12-4-7-15(21)11-17(12)23-18-10-13(2)22-20-24-19(25-26(18)20)14-5-8-16(27-3)9-6-14/h4-11,23H,1-3H3. The lowest BCUT2D eigenvalue weighted by molar-refractivity contribution is 0.415. The third kappa shape index (κ3) is 3.44. The second-order valence-electron chi connectivity index (χ2n) is 6.24. The highest BCUT2D eigenvalue weighted by molar-refractivity contribution is 6.30. The Labute approximate surface area is 161 Å². The van der Waals surface area contributed by atoms with Crippen LogP contribution >= 0.6 is 11.6 Å². The van der Waals surface area contributed by atoms with E-state index in [1.807, 2.05) is 62.4 Å². The molecule has 27 heavy (non-hydrogen) atoms. The molecule has 0 aliphatic carbocycles. The lowest BCUT2D eigenvalue weighted by atomic mass is 10.2. The first kappa shape index (κ1) is 17.3. The Morgan fingerprint density at radius 1 is 1.00 bits per heavy atom. The minimum atomic E-state index is 0.531. The van der Waals surface area contributed by atoms with Gasteiger partial charge < -0.3 is 10.1 Å². The van der Waals surface area contributed by atoms with E-state index in [1.165, 1.54) is 0 Å². The molecule has 0 saturated heterocycles. The Bertz CT molecular complexity index is 1120. The highest BCUT2D eigenvalue weighted by Gasteiger charge is 2.13. The SMILES string of the molecule is COc1ccc(-c2nc3nc(C)cc(Nc4cc(Cl)ccc4C)n3n2)cc1. The van der Waals surface area contributed by atoms with Gasteiger partial charge in [0.2, 0.25) is 0 Å². The zero-order valence-corrected chi connectivity index (χ0v) is 15.9. The van der Waals surface area contributed by atoms with E-state index in [1.54, 1.807) is 11.6 Å². The lowest BCUT2D eigenvalue weighted by Gasteiger charge is -2.11. The second kappa shape index (κ2) is 6.89. The number of hydrogen-bond acceptors (Lipinski definition) is 5. The largest absolute Gasteiger partial charge is 0.497 e. The minimum absolute atomic E-state index is 0.531. The Morgan fingerprint density at radius 2 is 1.78 bits per heavy atom. The van der Waals surface area contributed by atoms with Crippen LogP contribution in [-0.2, 0) is 0 Å². The van der Waals surface area contributed by atoms with E-state index in [9.17, 15) is 0 Å². The van der Waals surface area contributed by atoms with Crippen LogP contribution in [0.15, 0.2) is 48.5 Å². The highest BCUT2D eigenvalue weighted by Crippen LogP contribution is 2.26. The van der Waals surface area contributed by atoms with Crippen LogP contribution in [0.3, 0.4) is 0 Å². The maximum atomic E-state index is 6.14. The second-order valence-corrected chi connectivity index (χ2v) is 6.68. The molecule has 7 heteroatoms. The van der Waals surface area contributed by atoms with Gasteiger partial charge in [-0.25, -0.2) is 4.98 Å². The van der Waals surface area contributed by atoms with Crippen molar-refractivity contribution in [3.05, 3.63) is 64.8 Å². The summed E-state index contributed by atoms with van der Waals surface area (Å²) >= 11 is 6.14. The first-order valence-electron chi connectivity index (χ1n) is 8.45. The normalized spacial score (nSPS) is 11.0. The van der Waals surface area contributed by atoms with E-state index in [-0.39, 0.29) is 0 Å². The number of aryl methyl sites for hydroxylation is 2. The van der Waals surface area contributed by atoms with Gasteiger partial charge in [-0.2, -0.15) is 9.50 Å². The van der Waals surface area contributed by atoms with Gasteiger partial charge in [0.15, 0.2) is 5.82 Å². The predicted molar refractivity (Wildman–Crippen MR) is 107 cm³/mol. The monoisotopic (exact) mass is 379 g/mol. The Hall–Kier alpha value is -3.12. The third-order valence-electron chi connectivity index (χ3n) is 4.25. The summed E-state index contributed by atoms with van der Waals surface area (Å²) in [5, 5.41) is 8.70. The third-order valence-corrected chi connectivity index (χ3v) is 4.49. The summed E-state index contributed by atoms with van der Waals surface area (Å²) < 4.78 is 6.91. The number of anilines is 2. The van der Waals surface area contributed by atoms with Crippen LogP contribution in [0.2, 0.25) is 5.02 Å². The number of nitrogens with one attached hydrogen (secondary N) is 1. The van der Waals surface area contributed by atoms with Crippen LogP contribution in [-0.4, -0.2) is 26.7 Å². The van der Waals surface area contributed by atoms with E-state index >= 15 is 0 Å². The van der Waals surface area contributed by atoms with E-state index < -0.39 is 0 Å². The highest BCUT2D eigenvalue weighted by atomic mass is 35.5. The minimum Gasteiger partial charge on any atom is -0.497 e. The van der Waals surface area contributed by atoms with Crippen LogP contribution in [0.5, 0.6) is 5.75 Å². The first-order valence-corrected chi connectivity index (χ1v) is 8.83. The molecule has 0 aliphatic heterocycles. The molecule has 2 heterocycles. The summed E-state index contributed by atoms with van der Waals surface area (Å²) in [4.78, 5) is 9.07. The van der Waals surface area contributed by atoms with Crippen LogP contribution in [0.1, 0.15) is 11.3 Å². The average Bonchev–Trinajstić information content (AvgIpc) is 3.09. The van der Waals surface area contributed by atoms with Crippen LogP contribution in [0.25, 0.3) is 17.2 Å². The van der Waals surface area contributed by atoms with Crippen LogP contribution in [0, 0.1) is 13.8 Å². The Morgan fingerprint density at radius 3 is 2.52 bits per heavy atom. The van der Waals surface area contributed by atoms with Gasteiger partial charge in [0.25, 0.3) is 5.78 Å². The van der Waals surface area contributed by atoms with E-state index in [0.717, 1.165) is 34.1 Å². The van der Waals surface area contributed by atoms with Gasteiger partial charge in [0, 0.05) is 28.0 Å². The molecule has 0 saturated carbocycles. The molecule has 0 amide bonds. The molecule has 0 atom stereocenters. The molecule has 0 spiro atoms. The van der Waals surface area contributed by atoms with Crippen LogP contribution < -0.4 is 10.1 Å². The number of rotatable bonds is 4. The molecule has 0 aliphatic rings. The van der Waals surface area contributed by atoms with E-state index in [4.69, 9.17) is 16.3 Å². The van der Waals surface area contributed by atoms with Crippen molar-refractivity contribution in [3.8, 4) is 17.1 Å². The van der Waals surface area contributed by atoms with Gasteiger partial charge in [-0.05, 0) is 55.8 Å². The summed E-state index contributed by atoms with van der Waals surface area (Å²) in [6.45, 7) is 3.95. The summed E-state index contributed by atoms with van der Waals surface area (Å²) in [5.41, 5.74) is 3.73. The van der Waals surface area contributed by atoms with Crippen molar-refractivity contribution in [1.82, 2.24) is 19.6 Å². The number of nitrogens with zero attached hydrogens (tertiary/aromatic N) is 4. The maximum Gasteiger partial charge on any atom is 0.254 e. The average molecular weight is 380 g/mol. The van der Waals surface area contributed by atoms with Gasteiger partial charge in [-0.3, -0.25) is 0 Å². The predicted octanol–water partition coefficient (Wildman–Crippen LogP) is 4.81. The zero-order valence-electron chi connectivity index (χ0n) is 15.2. The molecule has 0 unspecified atom stereocenters. The fourth-order valence-electron chi connectivity index (χ4n) is 2.81. The van der Waals surface area contributed by atoms with Crippen molar-refractivity contribution in [1.29, 1.82) is 0 Å². The van der Waals surface area contributed by atoms with E-state index in [2.05, 4.69) is 20.4 Å². The van der Waals surface area contributed by atoms with Crippen molar-refractivity contribution < 1.29 is 4.74 Å². The number of fused-ring (bicyclic) bond motifs is 1. The fraction of sp³-hybridized carbons (Fsp3) is 0.150. The van der Waals surface area contributed by atoms with Crippen molar-refractivity contribution in [2.45, 2.75) is 13.8 Å². The number of methoxy groups -OCH3 is 1. The molecule has 2 aromatic heterocycles. The quantitative estimate of drug-likeness (QED) is 0.551. The number of ether oxygens (including phenoxy) is 1. The van der Waals surface area contributed by atoms with Gasteiger partial charge in [-0.15, -0.1) is 5.10 Å². The van der Waals surface area contributed by atoms with Crippen molar-refractivity contribution >= 4 is 28.9 Å². The molecule has 4 aromatic rings. The summed E-state index contributed by atoms with van der Waals surface area (Å²) in [5.74, 6) is 2.69. The van der Waals surface area contributed by atoms with Crippen LogP contribution in [0.4, 0.5) is 11.5 Å². The molecule has 2 aromatic carbocycles. The first-order chi connectivity index (χ1) is 13.0. The van der Waals surface area contributed by atoms with Gasteiger partial charge >= 0.3 is 0 Å². The number of benzene rings is 2. The zero-order chi connectivity index (χ0) is 19.0. The molecular weight excluding hydrogens is 362 g/mol. The Balaban J connectivity index is 1.79. The van der Waals surface area contributed by atoms with Crippen molar-refractivity contribution in [2.75, 3.05) is 12.4 Å². The molecule has 0 fully saturated rings. The molecule has 0 radical (unpaired) electrons. The maximum absolute atomic E-state index is 6.14.